The first-order valence-electron chi connectivity index (χ1n) is 8.53. The summed E-state index contributed by atoms with van der Waals surface area (Å²) in [6.07, 6.45) is 4.56. The Kier molecular flexibility index (Phi) is 4.99. The number of carbonyl (C=O) groups excluding carboxylic acids is 1. The fourth-order valence-corrected chi connectivity index (χ4v) is 3.96. The number of hydrogen-bond acceptors (Lipinski definition) is 3. The molecular weight excluding hydrogens is 262 g/mol. The highest BCUT2D eigenvalue weighted by Crippen LogP contribution is 2.39. The molecule has 2 fully saturated rings. The minimum absolute atomic E-state index is 0.183. The van der Waals surface area contributed by atoms with Gasteiger partial charge in [-0.15, -0.1) is 0 Å². The quantitative estimate of drug-likeness (QED) is 0.845. The van der Waals surface area contributed by atoms with E-state index < -0.39 is 0 Å². The molecule has 2 atom stereocenters. The fraction of sp³-hybridized carbons (Fsp3) is 0.941. The molecule has 1 saturated carbocycles. The van der Waals surface area contributed by atoms with Crippen molar-refractivity contribution >= 4 is 5.91 Å². The van der Waals surface area contributed by atoms with Gasteiger partial charge in [0.1, 0.15) is 0 Å². The number of amides is 1. The van der Waals surface area contributed by atoms with Crippen LogP contribution in [0.25, 0.3) is 0 Å². The van der Waals surface area contributed by atoms with Crippen molar-refractivity contribution in [2.24, 2.45) is 11.8 Å². The van der Waals surface area contributed by atoms with E-state index in [0.29, 0.717) is 17.7 Å². The highest BCUT2D eigenvalue weighted by atomic mass is 16.2. The molecular formula is C17H33N3O. The van der Waals surface area contributed by atoms with Crippen molar-refractivity contribution < 1.29 is 4.79 Å². The van der Waals surface area contributed by atoms with E-state index in [-0.39, 0.29) is 17.7 Å². The van der Waals surface area contributed by atoms with Gasteiger partial charge in [-0.2, -0.15) is 0 Å². The average Bonchev–Trinajstić information content (AvgIpc) is 2.95. The zero-order valence-electron chi connectivity index (χ0n) is 14.6. The Hall–Kier alpha value is -0.610. The van der Waals surface area contributed by atoms with Crippen molar-refractivity contribution in [3.63, 3.8) is 0 Å². The lowest BCUT2D eigenvalue weighted by atomic mass is 9.95. The second kappa shape index (κ2) is 6.25. The first kappa shape index (κ1) is 16.8. The average molecular weight is 295 g/mol. The van der Waals surface area contributed by atoms with Crippen molar-refractivity contribution in [2.45, 2.75) is 71.1 Å². The van der Waals surface area contributed by atoms with Gasteiger partial charge >= 0.3 is 0 Å². The van der Waals surface area contributed by atoms with Crippen LogP contribution >= 0.6 is 0 Å². The minimum Gasteiger partial charge on any atom is -0.321 e. The summed E-state index contributed by atoms with van der Waals surface area (Å²) in [5.74, 6) is 1.27. The Morgan fingerprint density at radius 2 is 1.81 bits per heavy atom. The molecule has 4 nitrogen and oxygen atoms in total. The van der Waals surface area contributed by atoms with E-state index in [1.165, 1.54) is 12.8 Å². The van der Waals surface area contributed by atoms with Gasteiger partial charge in [0.05, 0.1) is 11.7 Å². The Morgan fingerprint density at radius 1 is 1.24 bits per heavy atom. The number of hydrogen-bond donors (Lipinski definition) is 1. The molecule has 0 aromatic rings. The molecule has 1 amide bonds. The van der Waals surface area contributed by atoms with Crippen molar-refractivity contribution in [3.05, 3.63) is 0 Å². The van der Waals surface area contributed by atoms with Crippen LogP contribution in [0.4, 0.5) is 0 Å². The number of carbonyl (C=O) groups is 1. The second-order valence-electron chi connectivity index (χ2n) is 7.91. The van der Waals surface area contributed by atoms with Crippen LogP contribution in [0.15, 0.2) is 0 Å². The van der Waals surface area contributed by atoms with Gasteiger partial charge in [0.15, 0.2) is 0 Å². The Morgan fingerprint density at radius 3 is 2.24 bits per heavy atom. The molecule has 122 valence electrons. The van der Waals surface area contributed by atoms with Crippen molar-refractivity contribution in [1.82, 2.24) is 15.1 Å². The summed E-state index contributed by atoms with van der Waals surface area (Å²) in [7, 11) is 4.19. The summed E-state index contributed by atoms with van der Waals surface area (Å²) < 4.78 is 0. The maximum absolute atomic E-state index is 13.2. The van der Waals surface area contributed by atoms with Crippen LogP contribution < -0.4 is 5.32 Å². The molecule has 4 heteroatoms. The number of rotatable bonds is 5. The topological polar surface area (TPSA) is 35.6 Å². The largest absolute Gasteiger partial charge is 0.321 e. The second-order valence-corrected chi connectivity index (χ2v) is 7.91. The van der Waals surface area contributed by atoms with E-state index in [2.05, 4.69) is 56.9 Å². The molecule has 1 spiro atoms. The third-order valence-corrected chi connectivity index (χ3v) is 5.14. The third-order valence-electron chi connectivity index (χ3n) is 5.14. The maximum atomic E-state index is 13.2. The normalized spacial score (nSPS) is 26.8. The predicted octanol–water partition coefficient (Wildman–Crippen LogP) is 2.30. The summed E-state index contributed by atoms with van der Waals surface area (Å²) in [4.78, 5) is 17.6. The summed E-state index contributed by atoms with van der Waals surface area (Å²) in [6, 6.07) is 0.285. The SMILES string of the molecule is CC(C)C(CN(C)C)N1C(=O)C2(CCCC2)NC1C(C)C. The van der Waals surface area contributed by atoms with E-state index in [9.17, 15) is 4.79 Å². The zero-order valence-corrected chi connectivity index (χ0v) is 14.6. The molecule has 0 aromatic heterocycles. The summed E-state index contributed by atoms with van der Waals surface area (Å²) >= 11 is 0. The molecule has 1 aliphatic carbocycles. The van der Waals surface area contributed by atoms with Crippen LogP contribution in [0.5, 0.6) is 0 Å². The number of nitrogens with one attached hydrogen (secondary N) is 1. The van der Waals surface area contributed by atoms with E-state index in [4.69, 9.17) is 0 Å². The summed E-state index contributed by atoms with van der Waals surface area (Å²) in [5.41, 5.74) is -0.256. The van der Waals surface area contributed by atoms with Crippen molar-refractivity contribution in [1.29, 1.82) is 0 Å². The van der Waals surface area contributed by atoms with Gasteiger partial charge in [-0.25, -0.2) is 0 Å². The molecule has 2 rings (SSSR count). The highest BCUT2D eigenvalue weighted by Gasteiger charge is 2.54. The van der Waals surface area contributed by atoms with Gasteiger partial charge in [-0.1, -0.05) is 40.5 Å². The Balaban J connectivity index is 2.30. The first-order valence-corrected chi connectivity index (χ1v) is 8.53. The summed E-state index contributed by atoms with van der Waals surface area (Å²) in [5, 5.41) is 3.73. The third kappa shape index (κ3) is 3.11. The van der Waals surface area contributed by atoms with Crippen LogP contribution in [0.2, 0.25) is 0 Å². The fourth-order valence-electron chi connectivity index (χ4n) is 3.96. The standard InChI is InChI=1S/C17H33N3O/c1-12(2)14(11-19(5)6)20-15(13(3)4)18-17(16(20)21)9-7-8-10-17/h12-15,18H,7-11H2,1-6H3. The lowest BCUT2D eigenvalue weighted by molar-refractivity contribution is -0.137. The van der Waals surface area contributed by atoms with Crippen molar-refractivity contribution in [3.8, 4) is 0 Å². The monoisotopic (exact) mass is 295 g/mol. The number of nitrogens with zero attached hydrogens (tertiary/aromatic N) is 2. The molecule has 2 unspecified atom stereocenters. The van der Waals surface area contributed by atoms with Gasteiger partial charge in [0, 0.05) is 12.6 Å². The van der Waals surface area contributed by atoms with Crippen LogP contribution in [-0.4, -0.2) is 54.1 Å². The number of likely N-dealkylation sites (N-methyl/N-ethyl adjacent to an activating group) is 1. The molecule has 0 radical (unpaired) electrons. The van der Waals surface area contributed by atoms with Crippen LogP contribution in [-0.2, 0) is 4.79 Å². The molecule has 1 heterocycles. The smallest absolute Gasteiger partial charge is 0.244 e. The molecule has 0 bridgehead atoms. The molecule has 2 aliphatic rings. The predicted molar refractivity (Wildman–Crippen MR) is 87.0 cm³/mol. The molecule has 0 aromatic carbocycles. The molecule has 1 saturated heterocycles. The molecule has 21 heavy (non-hydrogen) atoms. The van der Waals surface area contributed by atoms with Crippen molar-refractivity contribution in [2.75, 3.05) is 20.6 Å². The van der Waals surface area contributed by atoms with E-state index in [0.717, 1.165) is 19.4 Å². The Labute approximate surface area is 130 Å². The lowest BCUT2D eigenvalue weighted by Crippen LogP contribution is -2.53. The zero-order chi connectivity index (χ0) is 15.8. The van der Waals surface area contributed by atoms with E-state index in [1.807, 2.05) is 0 Å². The lowest BCUT2D eigenvalue weighted by Gasteiger charge is -2.38. The van der Waals surface area contributed by atoms with E-state index in [1.54, 1.807) is 0 Å². The van der Waals surface area contributed by atoms with Gasteiger partial charge in [0.25, 0.3) is 0 Å². The Bertz CT molecular complexity index is 372. The highest BCUT2D eigenvalue weighted by molar-refractivity contribution is 5.89. The van der Waals surface area contributed by atoms with Crippen LogP contribution in [0, 0.1) is 11.8 Å². The summed E-state index contributed by atoms with van der Waals surface area (Å²) in [6.45, 7) is 9.85. The van der Waals surface area contributed by atoms with Crippen LogP contribution in [0.1, 0.15) is 53.4 Å². The maximum Gasteiger partial charge on any atom is 0.244 e. The van der Waals surface area contributed by atoms with Gasteiger partial charge in [0.2, 0.25) is 5.91 Å². The minimum atomic E-state index is -0.256. The van der Waals surface area contributed by atoms with Crippen LogP contribution in [0.3, 0.4) is 0 Å². The van der Waals surface area contributed by atoms with Gasteiger partial charge in [-0.05, 0) is 38.8 Å². The van der Waals surface area contributed by atoms with E-state index >= 15 is 0 Å². The van der Waals surface area contributed by atoms with Gasteiger partial charge < -0.3 is 9.80 Å². The first-order chi connectivity index (χ1) is 9.78. The molecule has 1 aliphatic heterocycles. The van der Waals surface area contributed by atoms with Gasteiger partial charge in [-0.3, -0.25) is 10.1 Å². The molecule has 1 N–H and O–H groups in total.